The fraction of sp³-hybridized carbons (Fsp3) is 0.357. The van der Waals surface area contributed by atoms with E-state index in [1.165, 1.54) is 0 Å². The van der Waals surface area contributed by atoms with E-state index in [1.807, 2.05) is 18.2 Å². The predicted octanol–water partition coefficient (Wildman–Crippen LogP) is 4.45. The summed E-state index contributed by atoms with van der Waals surface area (Å²) in [5.74, 6) is 0. The molecule has 3 aliphatic rings. The molecule has 0 aliphatic carbocycles. The van der Waals surface area contributed by atoms with E-state index in [9.17, 15) is 5.11 Å². The van der Waals surface area contributed by atoms with E-state index in [1.54, 1.807) is 0 Å². The van der Waals surface area contributed by atoms with E-state index in [0.29, 0.717) is 47.6 Å². The fourth-order valence-electron chi connectivity index (χ4n) is 5.49. The van der Waals surface area contributed by atoms with Crippen molar-refractivity contribution in [3.8, 4) is 28.4 Å². The fourth-order valence-corrected chi connectivity index (χ4v) is 5.75. The Morgan fingerprint density at radius 3 is 2.49 bits per heavy atom. The number of aromatic nitrogens is 3. The maximum atomic E-state index is 9.80. The van der Waals surface area contributed by atoms with Crippen molar-refractivity contribution in [2.75, 3.05) is 31.2 Å². The van der Waals surface area contributed by atoms with Gasteiger partial charge in [0.1, 0.15) is 6.10 Å². The number of β-amino-alcohol motifs (C(OH)–C–C–N with tert-alkyl or cyclic N) is 1. The molecule has 0 unspecified atom stereocenters. The number of hydrogen-bond donors (Lipinski definition) is 2. The van der Waals surface area contributed by atoms with Crippen LogP contribution in [-0.2, 0) is 9.47 Å². The highest BCUT2D eigenvalue weighted by Gasteiger charge is 2.43. The number of benzene rings is 2. The van der Waals surface area contributed by atoms with Gasteiger partial charge in [-0.05, 0) is 42.2 Å². The average molecular weight is 519 g/mol. The van der Waals surface area contributed by atoms with E-state index in [-0.39, 0.29) is 24.4 Å². The molecule has 2 aromatic carbocycles. The summed E-state index contributed by atoms with van der Waals surface area (Å²) in [6.07, 6.45) is 1.36. The number of aliphatic hydroxyl groups excluding tert-OH is 1. The monoisotopic (exact) mass is 518 g/mol. The van der Waals surface area contributed by atoms with Crippen LogP contribution in [0.5, 0.6) is 6.01 Å². The third-order valence-electron chi connectivity index (χ3n) is 7.48. The van der Waals surface area contributed by atoms with Crippen LogP contribution in [0.4, 0.5) is 5.69 Å². The van der Waals surface area contributed by atoms with E-state index in [4.69, 9.17) is 30.8 Å². The molecule has 2 N–H and O–H groups in total. The number of anilines is 1. The van der Waals surface area contributed by atoms with Crippen LogP contribution in [0.1, 0.15) is 12.8 Å². The minimum absolute atomic E-state index is 0.0526. The summed E-state index contributed by atoms with van der Waals surface area (Å²) < 4.78 is 17.6. The highest BCUT2D eigenvalue weighted by Crippen LogP contribution is 2.33. The molecule has 190 valence electrons. The van der Waals surface area contributed by atoms with E-state index in [2.05, 4.69) is 51.3 Å². The molecule has 5 heterocycles. The van der Waals surface area contributed by atoms with E-state index < -0.39 is 0 Å². The zero-order valence-electron chi connectivity index (χ0n) is 20.1. The van der Waals surface area contributed by atoms with Crippen LogP contribution in [0.25, 0.3) is 33.5 Å². The minimum atomic E-state index is -0.233. The van der Waals surface area contributed by atoms with Gasteiger partial charge in [-0.25, -0.2) is 4.98 Å². The first-order chi connectivity index (χ1) is 18.1. The maximum Gasteiger partial charge on any atom is 0.296 e. The summed E-state index contributed by atoms with van der Waals surface area (Å²) in [6, 6.07) is 18.9. The molecule has 3 saturated heterocycles. The standard InChI is InChI=1S/C28H27ClN4O4/c29-21-13-22-27(32-28(30-22)37-24-15-36-23-10-12-35-26(23)24)31-25(21)18-3-1-16(2-4-18)17-5-7-19(8-6-17)33-11-9-20(34)14-33/h1-8,13,20,23-24,26,34H,9-12,14-15H2,(H,30,31,32)/t20-,23+,24+,26-/m0/s1. The van der Waals surface area contributed by atoms with Crippen LogP contribution in [0.3, 0.4) is 0 Å². The van der Waals surface area contributed by atoms with Crippen LogP contribution in [0.2, 0.25) is 5.02 Å². The number of fused-ring (bicyclic) bond motifs is 2. The average Bonchev–Trinajstić information content (AvgIpc) is 3.70. The Kier molecular flexibility index (Phi) is 5.77. The normalized spacial score (nSPS) is 25.2. The molecule has 3 fully saturated rings. The smallest absolute Gasteiger partial charge is 0.296 e. The Labute approximate surface area is 219 Å². The van der Waals surface area contributed by atoms with Crippen molar-refractivity contribution in [1.29, 1.82) is 0 Å². The first-order valence-corrected chi connectivity index (χ1v) is 13.1. The van der Waals surface area contributed by atoms with Gasteiger partial charge in [-0.1, -0.05) is 48.0 Å². The second-order valence-corrected chi connectivity index (χ2v) is 10.3. The van der Waals surface area contributed by atoms with Crippen LogP contribution >= 0.6 is 11.6 Å². The number of hydrogen-bond acceptors (Lipinski definition) is 7. The van der Waals surface area contributed by atoms with Gasteiger partial charge in [-0.3, -0.25) is 0 Å². The van der Waals surface area contributed by atoms with Gasteiger partial charge in [-0.15, -0.1) is 0 Å². The molecule has 7 rings (SSSR count). The molecule has 0 bridgehead atoms. The molecule has 0 saturated carbocycles. The number of aromatic amines is 1. The highest BCUT2D eigenvalue weighted by molar-refractivity contribution is 6.33. The lowest BCUT2D eigenvalue weighted by atomic mass is 10.0. The van der Waals surface area contributed by atoms with Crippen molar-refractivity contribution < 1.29 is 19.3 Å². The molecule has 2 aromatic heterocycles. The third kappa shape index (κ3) is 4.34. The number of rotatable bonds is 5. The summed E-state index contributed by atoms with van der Waals surface area (Å²) >= 11 is 6.62. The Balaban J connectivity index is 1.09. The quantitative estimate of drug-likeness (QED) is 0.403. The lowest BCUT2D eigenvalue weighted by Crippen LogP contribution is -2.32. The van der Waals surface area contributed by atoms with Gasteiger partial charge >= 0.3 is 0 Å². The highest BCUT2D eigenvalue weighted by atomic mass is 35.5. The minimum Gasteiger partial charge on any atom is -0.456 e. The summed E-state index contributed by atoms with van der Waals surface area (Å²) in [6.45, 7) is 2.77. The Morgan fingerprint density at radius 1 is 0.973 bits per heavy atom. The van der Waals surface area contributed by atoms with Gasteiger partial charge in [0.15, 0.2) is 11.8 Å². The second kappa shape index (κ2) is 9.29. The zero-order valence-corrected chi connectivity index (χ0v) is 20.9. The number of nitrogens with zero attached hydrogens (tertiary/aromatic N) is 3. The molecule has 9 heteroatoms. The van der Waals surface area contributed by atoms with Crippen molar-refractivity contribution in [3.05, 3.63) is 59.6 Å². The number of nitrogens with one attached hydrogen (secondary N) is 1. The van der Waals surface area contributed by atoms with Gasteiger partial charge < -0.3 is 29.2 Å². The lowest BCUT2D eigenvalue weighted by molar-refractivity contribution is 0.0273. The largest absolute Gasteiger partial charge is 0.456 e. The first kappa shape index (κ1) is 23.0. The molecule has 8 nitrogen and oxygen atoms in total. The number of imidazole rings is 1. The van der Waals surface area contributed by atoms with Crippen LogP contribution in [0, 0.1) is 0 Å². The van der Waals surface area contributed by atoms with Crippen LogP contribution in [0.15, 0.2) is 54.6 Å². The summed E-state index contributed by atoms with van der Waals surface area (Å²) in [4.78, 5) is 14.7. The molecule has 3 aliphatic heterocycles. The predicted molar refractivity (Wildman–Crippen MR) is 141 cm³/mol. The number of ether oxygens (including phenoxy) is 3. The molecule has 0 amide bonds. The maximum absolute atomic E-state index is 9.80. The van der Waals surface area contributed by atoms with Crippen molar-refractivity contribution in [2.45, 2.75) is 37.3 Å². The summed E-state index contributed by atoms with van der Waals surface area (Å²) in [7, 11) is 0. The molecule has 4 atom stereocenters. The van der Waals surface area contributed by atoms with Crippen molar-refractivity contribution in [3.63, 3.8) is 0 Å². The zero-order chi connectivity index (χ0) is 24.9. The van der Waals surface area contributed by atoms with E-state index >= 15 is 0 Å². The third-order valence-corrected chi connectivity index (χ3v) is 7.76. The SMILES string of the molecule is O[C@H]1CCN(c2ccc(-c3ccc(-c4nc5nc(O[C@@H]6CO[C@@H]7CCO[C@@H]76)[nH]c5cc4Cl)cc3)cc2)C1. The molecular formula is C28H27ClN4O4. The van der Waals surface area contributed by atoms with Crippen molar-refractivity contribution in [1.82, 2.24) is 15.0 Å². The first-order valence-electron chi connectivity index (χ1n) is 12.7. The van der Waals surface area contributed by atoms with Gasteiger partial charge in [0.05, 0.1) is 35.0 Å². The van der Waals surface area contributed by atoms with Gasteiger partial charge in [0.2, 0.25) is 0 Å². The Morgan fingerprint density at radius 2 is 1.73 bits per heavy atom. The van der Waals surface area contributed by atoms with Gasteiger partial charge in [0, 0.05) is 30.9 Å². The molecule has 0 radical (unpaired) electrons. The second-order valence-electron chi connectivity index (χ2n) is 9.90. The number of H-pyrrole nitrogens is 1. The van der Waals surface area contributed by atoms with Gasteiger partial charge in [-0.2, -0.15) is 4.98 Å². The molecule has 4 aromatic rings. The molecule has 37 heavy (non-hydrogen) atoms. The van der Waals surface area contributed by atoms with Crippen LogP contribution in [-0.4, -0.2) is 70.8 Å². The topological polar surface area (TPSA) is 92.7 Å². The number of aliphatic hydroxyl groups is 1. The van der Waals surface area contributed by atoms with E-state index in [0.717, 1.165) is 41.8 Å². The Bertz CT molecular complexity index is 1420. The molecular weight excluding hydrogens is 492 g/mol. The summed E-state index contributed by atoms with van der Waals surface area (Å²) in [5.41, 5.74) is 6.22. The van der Waals surface area contributed by atoms with Gasteiger partial charge in [0.25, 0.3) is 6.01 Å². The van der Waals surface area contributed by atoms with Crippen LogP contribution < -0.4 is 9.64 Å². The summed E-state index contributed by atoms with van der Waals surface area (Å²) in [5, 5.41) is 10.3. The van der Waals surface area contributed by atoms with Crippen molar-refractivity contribution >= 4 is 28.5 Å². The van der Waals surface area contributed by atoms with Crippen molar-refractivity contribution in [2.24, 2.45) is 0 Å². The number of pyridine rings is 1. The Hall–Kier alpha value is -3.17. The molecule has 0 spiro atoms. The lowest BCUT2D eigenvalue weighted by Gasteiger charge is -2.18. The number of halogens is 1.